The van der Waals surface area contributed by atoms with Gasteiger partial charge in [-0.05, 0) is 6.92 Å². The van der Waals surface area contributed by atoms with Crippen molar-refractivity contribution in [3.05, 3.63) is 22.7 Å². The van der Waals surface area contributed by atoms with Gasteiger partial charge in [-0.15, -0.1) is 0 Å². The van der Waals surface area contributed by atoms with E-state index < -0.39 is 18.0 Å². The van der Waals surface area contributed by atoms with Crippen LogP contribution in [0.2, 0.25) is 0 Å². The van der Waals surface area contributed by atoms with Crippen molar-refractivity contribution in [2.24, 2.45) is 0 Å². The van der Waals surface area contributed by atoms with Crippen molar-refractivity contribution in [3.63, 3.8) is 0 Å². The standard InChI is InChI=1S/C10H9F3N2O3/c1-4(10(11,12)13)17-7-3-6-8(2-5(7)14)18-9(16)15-6/h2-4H,14H2,1H3,(H,15,16). The maximum Gasteiger partial charge on any atom is 0.425 e. The Morgan fingerprint density at radius 1 is 1.44 bits per heavy atom. The summed E-state index contributed by atoms with van der Waals surface area (Å²) in [6.45, 7) is 0.863. The molecule has 18 heavy (non-hydrogen) atoms. The molecule has 0 fully saturated rings. The summed E-state index contributed by atoms with van der Waals surface area (Å²) >= 11 is 0. The number of H-pyrrole nitrogens is 1. The summed E-state index contributed by atoms with van der Waals surface area (Å²) in [6, 6.07) is 2.42. The van der Waals surface area contributed by atoms with Gasteiger partial charge in [0.1, 0.15) is 5.75 Å². The number of nitrogens with one attached hydrogen (secondary N) is 1. The predicted octanol–water partition coefficient (Wildman–Crippen LogP) is 2.03. The molecule has 0 spiro atoms. The van der Waals surface area contributed by atoms with E-state index in [1.807, 2.05) is 0 Å². The molecule has 1 aromatic heterocycles. The van der Waals surface area contributed by atoms with Crippen molar-refractivity contribution < 1.29 is 22.3 Å². The minimum Gasteiger partial charge on any atom is -0.479 e. The lowest BCUT2D eigenvalue weighted by molar-refractivity contribution is -0.189. The Morgan fingerprint density at radius 2 is 2.11 bits per heavy atom. The zero-order chi connectivity index (χ0) is 13.5. The quantitative estimate of drug-likeness (QED) is 0.811. The van der Waals surface area contributed by atoms with Crippen molar-refractivity contribution in [2.45, 2.75) is 19.2 Å². The number of hydrogen-bond acceptors (Lipinski definition) is 4. The van der Waals surface area contributed by atoms with Crippen molar-refractivity contribution in [2.75, 3.05) is 5.73 Å². The van der Waals surface area contributed by atoms with Crippen LogP contribution >= 0.6 is 0 Å². The first-order valence-corrected chi connectivity index (χ1v) is 4.93. The molecule has 0 aliphatic heterocycles. The molecule has 0 radical (unpaired) electrons. The molecule has 1 aromatic carbocycles. The number of rotatable bonds is 2. The Labute approximate surface area is 98.3 Å². The third kappa shape index (κ3) is 2.27. The number of oxazole rings is 1. The SMILES string of the molecule is CC(Oc1cc2[nH]c(=O)oc2cc1N)C(F)(F)F. The number of benzene rings is 1. The molecule has 0 aliphatic rings. The minimum atomic E-state index is -4.49. The topological polar surface area (TPSA) is 81.2 Å². The molecule has 0 amide bonds. The lowest BCUT2D eigenvalue weighted by Crippen LogP contribution is -2.31. The molecule has 8 heteroatoms. The van der Waals surface area contributed by atoms with Gasteiger partial charge in [-0.25, -0.2) is 4.79 Å². The Morgan fingerprint density at radius 3 is 2.72 bits per heavy atom. The fourth-order valence-electron chi connectivity index (χ4n) is 1.35. The normalized spacial score (nSPS) is 13.8. The van der Waals surface area contributed by atoms with Crippen molar-refractivity contribution in [1.29, 1.82) is 0 Å². The summed E-state index contributed by atoms with van der Waals surface area (Å²) in [7, 11) is 0. The van der Waals surface area contributed by atoms with E-state index >= 15 is 0 Å². The second-order valence-electron chi connectivity index (χ2n) is 3.70. The second kappa shape index (κ2) is 3.97. The number of nitrogen functional groups attached to an aromatic ring is 1. The van der Waals surface area contributed by atoms with Crippen LogP contribution in [-0.2, 0) is 0 Å². The van der Waals surface area contributed by atoms with Gasteiger partial charge in [0.15, 0.2) is 11.7 Å². The molecule has 0 aliphatic carbocycles. The Balaban J connectivity index is 2.39. The van der Waals surface area contributed by atoms with Gasteiger partial charge in [0.25, 0.3) is 0 Å². The van der Waals surface area contributed by atoms with Crippen molar-refractivity contribution >= 4 is 16.8 Å². The van der Waals surface area contributed by atoms with Crippen LogP contribution < -0.4 is 16.2 Å². The van der Waals surface area contributed by atoms with E-state index in [-0.39, 0.29) is 22.5 Å². The molecule has 2 aromatic rings. The molecule has 0 bridgehead atoms. The number of alkyl halides is 3. The summed E-state index contributed by atoms with van der Waals surface area (Å²) in [5.41, 5.74) is 5.86. The number of aromatic amines is 1. The van der Waals surface area contributed by atoms with E-state index in [4.69, 9.17) is 14.9 Å². The van der Waals surface area contributed by atoms with Crippen LogP contribution in [0.1, 0.15) is 6.92 Å². The average Bonchev–Trinajstić information content (AvgIpc) is 2.56. The summed E-state index contributed by atoms with van der Waals surface area (Å²) in [5, 5.41) is 0. The summed E-state index contributed by atoms with van der Waals surface area (Å²) in [4.78, 5) is 13.2. The zero-order valence-corrected chi connectivity index (χ0v) is 9.17. The van der Waals surface area contributed by atoms with E-state index in [1.165, 1.54) is 12.1 Å². The first kappa shape index (κ1) is 12.3. The molecule has 98 valence electrons. The predicted molar refractivity (Wildman–Crippen MR) is 57.4 cm³/mol. The largest absolute Gasteiger partial charge is 0.479 e. The fraction of sp³-hybridized carbons (Fsp3) is 0.300. The van der Waals surface area contributed by atoms with Crippen LogP contribution in [0.25, 0.3) is 11.1 Å². The number of ether oxygens (including phenoxy) is 1. The van der Waals surface area contributed by atoms with Gasteiger partial charge in [0.05, 0.1) is 11.2 Å². The molecule has 0 saturated carbocycles. The molecule has 0 saturated heterocycles. The molecule has 3 N–H and O–H groups in total. The van der Waals surface area contributed by atoms with Gasteiger partial charge >= 0.3 is 11.9 Å². The molecular weight excluding hydrogens is 253 g/mol. The second-order valence-corrected chi connectivity index (χ2v) is 3.70. The molecule has 1 atom stereocenters. The van der Waals surface area contributed by atoms with E-state index in [9.17, 15) is 18.0 Å². The number of halogens is 3. The van der Waals surface area contributed by atoms with Crippen molar-refractivity contribution in [1.82, 2.24) is 4.98 Å². The Hall–Kier alpha value is -2.12. The van der Waals surface area contributed by atoms with Crippen LogP contribution in [0.3, 0.4) is 0 Å². The zero-order valence-electron chi connectivity index (χ0n) is 9.17. The van der Waals surface area contributed by atoms with Gasteiger partial charge in [-0.2, -0.15) is 13.2 Å². The van der Waals surface area contributed by atoms with Crippen LogP contribution in [0.15, 0.2) is 21.3 Å². The van der Waals surface area contributed by atoms with Gasteiger partial charge in [-0.3, -0.25) is 4.98 Å². The average molecular weight is 262 g/mol. The van der Waals surface area contributed by atoms with Gasteiger partial charge in [0.2, 0.25) is 0 Å². The highest BCUT2D eigenvalue weighted by molar-refractivity contribution is 5.80. The Kier molecular flexibility index (Phi) is 2.72. The van der Waals surface area contributed by atoms with E-state index in [2.05, 4.69) is 4.98 Å². The third-order valence-corrected chi connectivity index (χ3v) is 2.32. The van der Waals surface area contributed by atoms with Gasteiger partial charge < -0.3 is 14.9 Å². The monoisotopic (exact) mass is 262 g/mol. The van der Waals surface area contributed by atoms with E-state index in [1.54, 1.807) is 0 Å². The maximum absolute atomic E-state index is 12.3. The first-order chi connectivity index (χ1) is 8.27. The van der Waals surface area contributed by atoms with Crippen LogP contribution in [-0.4, -0.2) is 17.3 Å². The smallest absolute Gasteiger partial charge is 0.425 e. The molecule has 5 nitrogen and oxygen atoms in total. The molecule has 1 heterocycles. The van der Waals surface area contributed by atoms with Crippen molar-refractivity contribution in [3.8, 4) is 5.75 Å². The minimum absolute atomic E-state index is 0.0404. The third-order valence-electron chi connectivity index (χ3n) is 2.32. The van der Waals surface area contributed by atoms with E-state index in [0.29, 0.717) is 0 Å². The summed E-state index contributed by atoms with van der Waals surface area (Å²) < 4.78 is 46.4. The Bertz CT molecular complexity index is 629. The number of fused-ring (bicyclic) bond motifs is 1. The lowest BCUT2D eigenvalue weighted by atomic mass is 10.2. The van der Waals surface area contributed by atoms with Gasteiger partial charge in [0, 0.05) is 12.1 Å². The highest BCUT2D eigenvalue weighted by Gasteiger charge is 2.38. The van der Waals surface area contributed by atoms with Crippen LogP contribution in [0, 0.1) is 0 Å². The highest BCUT2D eigenvalue weighted by atomic mass is 19.4. The number of nitrogens with two attached hydrogens (primary N) is 1. The summed E-state index contributed by atoms with van der Waals surface area (Å²) in [5.74, 6) is -0.880. The molecular formula is C10H9F3N2O3. The lowest BCUT2D eigenvalue weighted by Gasteiger charge is -2.18. The molecule has 2 rings (SSSR count). The number of hydrogen-bond donors (Lipinski definition) is 2. The van der Waals surface area contributed by atoms with Gasteiger partial charge in [-0.1, -0.05) is 0 Å². The fourth-order valence-corrected chi connectivity index (χ4v) is 1.35. The summed E-state index contributed by atoms with van der Waals surface area (Å²) in [6.07, 6.45) is -6.50. The first-order valence-electron chi connectivity index (χ1n) is 4.93. The number of anilines is 1. The number of aromatic nitrogens is 1. The van der Waals surface area contributed by atoms with Crippen LogP contribution in [0.5, 0.6) is 5.75 Å². The highest BCUT2D eigenvalue weighted by Crippen LogP contribution is 2.31. The van der Waals surface area contributed by atoms with E-state index in [0.717, 1.165) is 6.92 Å². The maximum atomic E-state index is 12.3. The van der Waals surface area contributed by atoms with Crippen LogP contribution in [0.4, 0.5) is 18.9 Å². The molecule has 1 unspecified atom stereocenters.